The van der Waals surface area contributed by atoms with Crippen molar-refractivity contribution in [1.29, 1.82) is 0 Å². The van der Waals surface area contributed by atoms with Crippen LogP contribution in [0.3, 0.4) is 0 Å². The molecule has 1 atom stereocenters. The lowest BCUT2D eigenvalue weighted by Gasteiger charge is -2.06. The first-order chi connectivity index (χ1) is 10.0. The van der Waals surface area contributed by atoms with Crippen molar-refractivity contribution in [2.24, 2.45) is 0 Å². The van der Waals surface area contributed by atoms with Crippen LogP contribution in [-0.2, 0) is 10.8 Å². The van der Waals surface area contributed by atoms with E-state index < -0.39 is 39.5 Å². The molecule has 0 aliphatic carbocycles. The Morgan fingerprint density at radius 2 is 1.76 bits per heavy atom. The summed E-state index contributed by atoms with van der Waals surface area (Å²) in [5, 5.41) is 0. The topological polar surface area (TPSA) is 43.4 Å². The Hall–Kier alpha value is -2.08. The molecule has 0 amide bonds. The molecule has 0 bridgehead atoms. The Balaban J connectivity index is 2.21. The van der Waals surface area contributed by atoms with Crippen LogP contribution in [0.15, 0.2) is 47.4 Å². The smallest absolute Gasteiger partial charge is 0.181 e. The number of hydrogen-bond donors (Lipinski definition) is 0. The molecule has 2 rings (SSSR count). The summed E-state index contributed by atoms with van der Waals surface area (Å²) in [4.78, 5) is 12.3. The molecule has 0 aliphatic heterocycles. The number of ether oxygens (including phenoxy) is 1. The highest BCUT2D eigenvalue weighted by Gasteiger charge is 2.20. The van der Waals surface area contributed by atoms with Gasteiger partial charge in [0.2, 0.25) is 0 Å². The average molecular weight is 310 g/mol. The van der Waals surface area contributed by atoms with Gasteiger partial charge in [-0.2, -0.15) is 0 Å². The van der Waals surface area contributed by atoms with Crippen LogP contribution in [0.4, 0.5) is 8.78 Å². The molecule has 110 valence electrons. The number of carbonyl (C=O) groups excluding carboxylic acids is 1. The van der Waals surface area contributed by atoms with Gasteiger partial charge in [0.15, 0.2) is 5.78 Å². The second-order valence-electron chi connectivity index (χ2n) is 4.19. The van der Waals surface area contributed by atoms with Crippen molar-refractivity contribution >= 4 is 16.6 Å². The average Bonchev–Trinajstić information content (AvgIpc) is 2.47. The SMILES string of the molecule is COc1cccc(S(=O)CC(=O)c2c(F)cccc2F)c1. The van der Waals surface area contributed by atoms with Gasteiger partial charge in [0.1, 0.15) is 17.4 Å². The van der Waals surface area contributed by atoms with Crippen molar-refractivity contribution in [3.05, 3.63) is 59.7 Å². The third-order valence-corrected chi connectivity index (χ3v) is 4.11. The molecule has 0 spiro atoms. The quantitative estimate of drug-likeness (QED) is 0.798. The fourth-order valence-corrected chi connectivity index (χ4v) is 2.81. The number of methoxy groups -OCH3 is 1. The summed E-state index contributed by atoms with van der Waals surface area (Å²) in [6.45, 7) is 0. The highest BCUT2D eigenvalue weighted by Crippen LogP contribution is 2.18. The van der Waals surface area contributed by atoms with Crippen molar-refractivity contribution < 1.29 is 22.5 Å². The summed E-state index contributed by atoms with van der Waals surface area (Å²) >= 11 is 0. The maximum absolute atomic E-state index is 13.5. The Kier molecular flexibility index (Phi) is 4.80. The predicted octanol–water partition coefficient (Wildman–Crippen LogP) is 2.96. The van der Waals surface area contributed by atoms with Crippen molar-refractivity contribution in [3.63, 3.8) is 0 Å². The van der Waals surface area contributed by atoms with Gasteiger partial charge in [-0.05, 0) is 30.3 Å². The van der Waals surface area contributed by atoms with E-state index in [0.717, 1.165) is 12.1 Å². The standard InChI is InChI=1S/C15H12F2O3S/c1-20-10-4-2-5-11(8-10)21(19)9-14(18)15-12(16)6-3-7-13(15)17/h2-8H,9H2,1H3. The Morgan fingerprint density at radius 3 is 2.38 bits per heavy atom. The molecule has 3 nitrogen and oxygen atoms in total. The number of Topliss-reactive ketones (excluding diaryl/α,β-unsaturated/α-hetero) is 1. The van der Waals surface area contributed by atoms with Gasteiger partial charge in [0.05, 0.1) is 29.2 Å². The van der Waals surface area contributed by atoms with E-state index in [0.29, 0.717) is 10.6 Å². The van der Waals surface area contributed by atoms with Gasteiger partial charge >= 0.3 is 0 Å². The molecule has 0 saturated carbocycles. The molecule has 2 aromatic carbocycles. The first-order valence-electron chi connectivity index (χ1n) is 6.02. The molecule has 0 aliphatic rings. The largest absolute Gasteiger partial charge is 0.497 e. The normalized spacial score (nSPS) is 12.0. The van der Waals surface area contributed by atoms with Crippen LogP contribution < -0.4 is 4.74 Å². The first-order valence-corrected chi connectivity index (χ1v) is 7.34. The van der Waals surface area contributed by atoms with Crippen molar-refractivity contribution in [1.82, 2.24) is 0 Å². The number of benzene rings is 2. The summed E-state index contributed by atoms with van der Waals surface area (Å²) in [6, 6.07) is 9.51. The van der Waals surface area contributed by atoms with Crippen LogP contribution in [0.2, 0.25) is 0 Å². The minimum absolute atomic E-state index is 0.361. The molecule has 0 fully saturated rings. The number of ketones is 1. The Morgan fingerprint density at radius 1 is 1.14 bits per heavy atom. The lowest BCUT2D eigenvalue weighted by atomic mass is 10.1. The first kappa shape index (κ1) is 15.3. The Bertz CT molecular complexity index is 681. The Labute approximate surface area is 123 Å². The minimum atomic E-state index is -1.71. The number of carbonyl (C=O) groups is 1. The molecule has 21 heavy (non-hydrogen) atoms. The van der Waals surface area contributed by atoms with Gasteiger partial charge < -0.3 is 4.74 Å². The van der Waals surface area contributed by atoms with Crippen molar-refractivity contribution in [2.45, 2.75) is 4.90 Å². The summed E-state index contributed by atoms with van der Waals surface area (Å²) in [7, 11) is -0.245. The van der Waals surface area contributed by atoms with Crippen LogP contribution in [0.1, 0.15) is 10.4 Å². The summed E-state index contributed by atoms with van der Waals surface area (Å²) in [6.07, 6.45) is 0. The van der Waals surface area contributed by atoms with Gasteiger partial charge in [-0.15, -0.1) is 0 Å². The van der Waals surface area contributed by atoms with Crippen molar-refractivity contribution in [2.75, 3.05) is 12.9 Å². The van der Waals surface area contributed by atoms with Gasteiger partial charge in [-0.3, -0.25) is 9.00 Å². The third kappa shape index (κ3) is 3.52. The van der Waals surface area contributed by atoms with Gasteiger partial charge in [0, 0.05) is 4.90 Å². The summed E-state index contributed by atoms with van der Waals surface area (Å²) < 4.78 is 44.1. The fourth-order valence-electron chi connectivity index (χ4n) is 1.78. The zero-order valence-electron chi connectivity index (χ0n) is 11.1. The van der Waals surface area contributed by atoms with Crippen LogP contribution >= 0.6 is 0 Å². The van der Waals surface area contributed by atoms with E-state index in [9.17, 15) is 17.8 Å². The number of hydrogen-bond acceptors (Lipinski definition) is 3. The molecule has 0 saturated heterocycles. The summed E-state index contributed by atoms with van der Waals surface area (Å²) in [5.41, 5.74) is -0.659. The zero-order valence-corrected chi connectivity index (χ0v) is 12.0. The van der Waals surface area contributed by atoms with Crippen LogP contribution in [-0.4, -0.2) is 22.9 Å². The van der Waals surface area contributed by atoms with E-state index >= 15 is 0 Å². The van der Waals surface area contributed by atoms with E-state index in [4.69, 9.17) is 4.74 Å². The van der Waals surface area contributed by atoms with Crippen LogP contribution in [0.5, 0.6) is 5.75 Å². The zero-order chi connectivity index (χ0) is 15.4. The summed E-state index contributed by atoms with van der Waals surface area (Å²) in [5.74, 6) is -2.76. The van der Waals surface area contributed by atoms with Gasteiger partial charge in [-0.1, -0.05) is 12.1 Å². The molecule has 0 radical (unpaired) electrons. The number of rotatable bonds is 5. The fraction of sp³-hybridized carbons (Fsp3) is 0.133. The highest BCUT2D eigenvalue weighted by atomic mass is 32.2. The number of halogens is 2. The maximum atomic E-state index is 13.5. The molecular weight excluding hydrogens is 298 g/mol. The molecular formula is C15H12F2O3S. The van der Waals surface area contributed by atoms with Gasteiger partial charge in [0.25, 0.3) is 0 Å². The third-order valence-electron chi connectivity index (χ3n) is 2.81. The lowest BCUT2D eigenvalue weighted by Crippen LogP contribution is -2.14. The van der Waals surface area contributed by atoms with Gasteiger partial charge in [-0.25, -0.2) is 8.78 Å². The molecule has 2 aromatic rings. The lowest BCUT2D eigenvalue weighted by molar-refractivity contribution is 0.101. The second-order valence-corrected chi connectivity index (χ2v) is 5.64. The molecule has 6 heteroatoms. The van der Waals surface area contributed by atoms with E-state index in [-0.39, 0.29) is 0 Å². The minimum Gasteiger partial charge on any atom is -0.497 e. The molecule has 0 heterocycles. The highest BCUT2D eigenvalue weighted by molar-refractivity contribution is 7.85. The predicted molar refractivity (Wildman–Crippen MR) is 75.0 cm³/mol. The molecule has 0 N–H and O–H groups in total. The molecule has 1 unspecified atom stereocenters. The monoisotopic (exact) mass is 310 g/mol. The second kappa shape index (κ2) is 6.58. The van der Waals surface area contributed by atoms with E-state index in [1.54, 1.807) is 18.2 Å². The van der Waals surface area contributed by atoms with Crippen LogP contribution in [0, 0.1) is 11.6 Å². The van der Waals surface area contributed by atoms with E-state index in [2.05, 4.69) is 0 Å². The van der Waals surface area contributed by atoms with E-state index in [1.165, 1.54) is 19.2 Å². The maximum Gasteiger partial charge on any atom is 0.181 e. The van der Waals surface area contributed by atoms with E-state index in [1.807, 2.05) is 0 Å². The molecule has 0 aromatic heterocycles. The van der Waals surface area contributed by atoms with Crippen LogP contribution in [0.25, 0.3) is 0 Å². The van der Waals surface area contributed by atoms with Crippen molar-refractivity contribution in [3.8, 4) is 5.75 Å².